The Morgan fingerprint density at radius 1 is 1.17 bits per heavy atom. The molecule has 0 saturated carbocycles. The Kier molecular flexibility index (Phi) is 7.45. The van der Waals surface area contributed by atoms with Gasteiger partial charge in [0.25, 0.3) is 11.8 Å². The fraction of sp³-hybridized carbons (Fsp3) is 0.250. The Morgan fingerprint density at radius 3 is 2.63 bits per heavy atom. The summed E-state index contributed by atoms with van der Waals surface area (Å²) in [4.78, 5) is 34.4. The fourth-order valence-corrected chi connectivity index (χ4v) is 5.20. The molecule has 1 fully saturated rings. The van der Waals surface area contributed by atoms with Gasteiger partial charge in [0.15, 0.2) is 16.6 Å². The Hall–Kier alpha value is -3.32. The van der Waals surface area contributed by atoms with Crippen molar-refractivity contribution >= 4 is 57.2 Å². The van der Waals surface area contributed by atoms with Crippen molar-refractivity contribution in [1.82, 2.24) is 9.88 Å². The molecule has 1 atom stereocenters. The van der Waals surface area contributed by atoms with Crippen LogP contribution >= 0.6 is 34.5 Å². The van der Waals surface area contributed by atoms with Crippen LogP contribution in [0.4, 0.5) is 10.8 Å². The van der Waals surface area contributed by atoms with Gasteiger partial charge < -0.3 is 14.4 Å². The lowest BCUT2D eigenvalue weighted by molar-refractivity contribution is 0.0769. The zero-order chi connectivity index (χ0) is 25.1. The molecule has 0 unspecified atom stereocenters. The smallest absolute Gasteiger partial charge is 0.266 e. The molecule has 8 nitrogen and oxygen atoms in total. The highest BCUT2D eigenvalue weighted by atomic mass is 35.5. The number of ether oxygens (including phenoxy) is 2. The Bertz CT molecular complexity index is 1320. The van der Waals surface area contributed by atoms with Gasteiger partial charge in [-0.2, -0.15) is 5.26 Å². The predicted molar refractivity (Wildman–Crippen MR) is 134 cm³/mol. The second-order valence-electron chi connectivity index (χ2n) is 7.60. The van der Waals surface area contributed by atoms with Crippen LogP contribution in [0.3, 0.4) is 0 Å². The lowest BCUT2D eigenvalue weighted by atomic mass is 10.1. The van der Waals surface area contributed by atoms with Gasteiger partial charge in [0.05, 0.1) is 42.8 Å². The van der Waals surface area contributed by atoms with Crippen molar-refractivity contribution in [2.45, 2.75) is 18.9 Å². The summed E-state index contributed by atoms with van der Waals surface area (Å²) in [7, 11) is 3.01. The van der Waals surface area contributed by atoms with Gasteiger partial charge in [-0.05, 0) is 43.2 Å². The maximum absolute atomic E-state index is 13.7. The van der Waals surface area contributed by atoms with Gasteiger partial charge in [-0.15, -0.1) is 0 Å². The second kappa shape index (κ2) is 10.5. The van der Waals surface area contributed by atoms with E-state index in [2.05, 4.69) is 11.1 Å². The van der Waals surface area contributed by atoms with E-state index >= 15 is 0 Å². The molecule has 0 N–H and O–H groups in total. The monoisotopic (exact) mass is 530 g/mol. The van der Waals surface area contributed by atoms with Gasteiger partial charge in [-0.3, -0.25) is 14.5 Å². The van der Waals surface area contributed by atoms with E-state index in [9.17, 15) is 14.9 Å². The number of amides is 2. The van der Waals surface area contributed by atoms with Crippen molar-refractivity contribution < 1.29 is 19.1 Å². The quantitative estimate of drug-likeness (QED) is 0.413. The van der Waals surface area contributed by atoms with E-state index in [0.717, 1.165) is 17.8 Å². The van der Waals surface area contributed by atoms with E-state index in [0.29, 0.717) is 40.1 Å². The van der Waals surface area contributed by atoms with Crippen LogP contribution in [-0.2, 0) is 0 Å². The average Bonchev–Trinajstić information content (AvgIpc) is 3.53. The van der Waals surface area contributed by atoms with Crippen LogP contribution in [0.15, 0.2) is 42.6 Å². The molecule has 0 radical (unpaired) electrons. The molecule has 2 aromatic carbocycles. The zero-order valence-corrected chi connectivity index (χ0v) is 21.2. The number of halogens is 2. The molecule has 0 spiro atoms. The van der Waals surface area contributed by atoms with Crippen LogP contribution in [0.1, 0.15) is 32.9 Å². The van der Waals surface area contributed by atoms with Gasteiger partial charge in [0, 0.05) is 17.6 Å². The lowest BCUT2D eigenvalue weighted by Crippen LogP contribution is -2.34. The highest BCUT2D eigenvalue weighted by Gasteiger charge is 2.32. The summed E-state index contributed by atoms with van der Waals surface area (Å²) in [5.74, 6) is 0.136. The minimum atomic E-state index is -0.469. The summed E-state index contributed by atoms with van der Waals surface area (Å²) in [6.07, 6.45) is 2.82. The lowest BCUT2D eigenvalue weighted by Gasteiger charge is -2.22. The largest absolute Gasteiger partial charge is 0.493 e. The first-order valence-electron chi connectivity index (χ1n) is 10.6. The van der Waals surface area contributed by atoms with Crippen LogP contribution in [0, 0.1) is 11.3 Å². The van der Waals surface area contributed by atoms with E-state index in [4.69, 9.17) is 32.7 Å². The number of nitriles is 1. The van der Waals surface area contributed by atoms with Crippen LogP contribution in [0.2, 0.25) is 10.0 Å². The number of methoxy groups -OCH3 is 2. The number of carbonyl (C=O) groups is 2. The van der Waals surface area contributed by atoms with Crippen molar-refractivity contribution in [3.8, 4) is 17.6 Å². The van der Waals surface area contributed by atoms with E-state index < -0.39 is 11.9 Å². The number of rotatable bonds is 6. The predicted octanol–water partition coefficient (Wildman–Crippen LogP) is 5.57. The van der Waals surface area contributed by atoms with Gasteiger partial charge in [-0.25, -0.2) is 4.98 Å². The molecule has 0 bridgehead atoms. The fourth-order valence-electron chi connectivity index (χ4n) is 3.81. The van der Waals surface area contributed by atoms with Crippen molar-refractivity contribution in [1.29, 1.82) is 5.26 Å². The number of nitrogens with zero attached hydrogens (tertiary/aromatic N) is 4. The molecular formula is C24H20Cl2N4O4S. The second-order valence-corrected chi connectivity index (χ2v) is 9.45. The van der Waals surface area contributed by atoms with E-state index in [-0.39, 0.29) is 21.6 Å². The van der Waals surface area contributed by atoms with Crippen LogP contribution in [-0.4, -0.2) is 48.5 Å². The molecule has 35 heavy (non-hydrogen) atoms. The van der Waals surface area contributed by atoms with Crippen molar-refractivity contribution in [3.63, 3.8) is 0 Å². The number of thiazole rings is 1. The van der Waals surface area contributed by atoms with Gasteiger partial charge in [0.1, 0.15) is 10.9 Å². The molecular weight excluding hydrogens is 511 g/mol. The summed E-state index contributed by atoms with van der Waals surface area (Å²) in [6, 6.07) is 11.3. The first-order chi connectivity index (χ1) is 16.9. The van der Waals surface area contributed by atoms with Crippen molar-refractivity contribution in [2.75, 3.05) is 25.7 Å². The maximum atomic E-state index is 13.7. The molecule has 4 rings (SSSR count). The third kappa shape index (κ3) is 4.91. The summed E-state index contributed by atoms with van der Waals surface area (Å²) >= 11 is 13.4. The number of hydrogen-bond donors (Lipinski definition) is 0. The Morgan fingerprint density at radius 2 is 1.94 bits per heavy atom. The summed E-state index contributed by atoms with van der Waals surface area (Å²) < 4.78 is 10.7. The van der Waals surface area contributed by atoms with E-state index in [1.54, 1.807) is 24.3 Å². The van der Waals surface area contributed by atoms with E-state index in [1.807, 2.05) is 0 Å². The highest BCUT2D eigenvalue weighted by molar-refractivity contribution is 7.17. The number of hydrogen-bond acceptors (Lipinski definition) is 7. The molecule has 3 aromatic rings. The molecule has 180 valence electrons. The molecule has 1 aliphatic rings. The summed E-state index contributed by atoms with van der Waals surface area (Å²) in [5.41, 5.74) is 0.640. The number of benzene rings is 2. The van der Waals surface area contributed by atoms with Crippen LogP contribution in [0.25, 0.3) is 0 Å². The van der Waals surface area contributed by atoms with Gasteiger partial charge in [-0.1, -0.05) is 34.5 Å². The topological polar surface area (TPSA) is 95.8 Å². The third-order valence-corrected chi connectivity index (χ3v) is 7.07. The minimum Gasteiger partial charge on any atom is -0.493 e. The molecule has 2 amide bonds. The van der Waals surface area contributed by atoms with E-state index in [1.165, 1.54) is 42.3 Å². The first-order valence-corrected chi connectivity index (χ1v) is 12.1. The summed E-state index contributed by atoms with van der Waals surface area (Å²) in [6.45, 7) is 0.503. The number of likely N-dealkylation sites (tertiary alicyclic amines) is 1. The average molecular weight is 531 g/mol. The Balaban J connectivity index is 1.78. The van der Waals surface area contributed by atoms with Crippen molar-refractivity contribution in [3.05, 3.63) is 63.1 Å². The maximum Gasteiger partial charge on any atom is 0.266 e. The highest BCUT2D eigenvalue weighted by Crippen LogP contribution is 2.38. The molecule has 1 saturated heterocycles. The minimum absolute atomic E-state index is 0.176. The van der Waals surface area contributed by atoms with Crippen LogP contribution in [0.5, 0.6) is 11.5 Å². The van der Waals surface area contributed by atoms with Crippen molar-refractivity contribution in [2.24, 2.45) is 0 Å². The molecule has 1 aromatic heterocycles. The molecule has 0 aliphatic carbocycles. The molecule has 2 heterocycles. The number of carbonyl (C=O) groups excluding carboxylic acids is 2. The zero-order valence-electron chi connectivity index (χ0n) is 18.8. The molecule has 11 heteroatoms. The standard InChI is InChI=1S/C24H20Cl2N4O4S/c1-33-19-8-6-15(11-20(19)34-2)30(22(31)17-7-5-14(25)10-18(17)26)24-28-13-21(35-24)23(32)29-9-3-4-16(29)12-27/h5-8,10-11,13,16H,3-4,9H2,1-2H3/t16-/m1/s1. The van der Waals surface area contributed by atoms with Crippen LogP contribution < -0.4 is 14.4 Å². The number of aromatic nitrogens is 1. The third-order valence-electron chi connectivity index (χ3n) is 5.55. The normalized spacial score (nSPS) is 14.9. The first kappa shape index (κ1) is 24.8. The van der Waals surface area contributed by atoms with Gasteiger partial charge >= 0.3 is 0 Å². The van der Waals surface area contributed by atoms with Gasteiger partial charge in [0.2, 0.25) is 0 Å². The Labute approximate surface area is 216 Å². The molecule has 1 aliphatic heterocycles. The SMILES string of the molecule is COc1ccc(N(C(=O)c2ccc(Cl)cc2Cl)c2ncc(C(=O)N3CCC[C@@H]3C#N)s2)cc1OC. The summed E-state index contributed by atoms with van der Waals surface area (Å²) in [5, 5.41) is 10.2. The number of anilines is 2.